The third kappa shape index (κ3) is 8.74. The van der Waals surface area contributed by atoms with Gasteiger partial charge in [-0.15, -0.1) is 11.8 Å². The van der Waals surface area contributed by atoms with Crippen LogP contribution in [0.25, 0.3) is 0 Å². The topological polar surface area (TPSA) is 49.4 Å². The summed E-state index contributed by atoms with van der Waals surface area (Å²) in [5.74, 6) is 0.515. The Morgan fingerprint density at radius 3 is 2.39 bits per heavy atom. The Kier molecular flexibility index (Phi) is 11.1. The molecule has 1 N–H and O–H groups in total. The van der Waals surface area contributed by atoms with Crippen molar-refractivity contribution in [3.8, 4) is 0 Å². The number of hydrogen-bond acceptors (Lipinski definition) is 3. The van der Waals surface area contributed by atoms with Gasteiger partial charge in [0.25, 0.3) is 0 Å². The number of amides is 2. The van der Waals surface area contributed by atoms with Crippen LogP contribution in [-0.4, -0.2) is 41.6 Å². The minimum atomic E-state index is -0.473. The van der Waals surface area contributed by atoms with E-state index in [0.717, 1.165) is 24.0 Å². The number of carbonyl (C=O) groups is 2. The molecule has 0 saturated heterocycles. The van der Waals surface area contributed by atoms with Gasteiger partial charge < -0.3 is 10.2 Å². The minimum absolute atomic E-state index is 0.0412. The van der Waals surface area contributed by atoms with Gasteiger partial charge in [-0.05, 0) is 42.5 Å². The average Bonchev–Trinajstić information content (AvgIpc) is 2.78. The monoisotopic (exact) mass is 444 g/mol. The van der Waals surface area contributed by atoms with E-state index in [1.165, 1.54) is 23.9 Å². The van der Waals surface area contributed by atoms with Crippen LogP contribution in [-0.2, 0) is 21.8 Å². The maximum atomic E-state index is 13.1. The van der Waals surface area contributed by atoms with Crippen molar-refractivity contribution in [1.82, 2.24) is 10.2 Å². The lowest BCUT2D eigenvalue weighted by Gasteiger charge is -2.30. The number of thioether (sulfide) groups is 1. The van der Waals surface area contributed by atoms with Crippen LogP contribution in [0, 0.1) is 5.82 Å². The van der Waals surface area contributed by atoms with Gasteiger partial charge in [-0.2, -0.15) is 0 Å². The Morgan fingerprint density at radius 2 is 1.74 bits per heavy atom. The van der Waals surface area contributed by atoms with Gasteiger partial charge in [-0.3, -0.25) is 9.59 Å². The van der Waals surface area contributed by atoms with Crippen LogP contribution in [0.2, 0.25) is 0 Å². The molecular weight excluding hydrogens is 411 g/mol. The van der Waals surface area contributed by atoms with E-state index < -0.39 is 6.04 Å². The normalized spacial score (nSPS) is 11.7. The van der Waals surface area contributed by atoms with E-state index in [9.17, 15) is 14.0 Å². The molecule has 2 aromatic carbocycles. The van der Waals surface area contributed by atoms with Crippen molar-refractivity contribution in [3.63, 3.8) is 0 Å². The lowest BCUT2D eigenvalue weighted by molar-refractivity contribution is -0.138. The maximum absolute atomic E-state index is 13.1. The van der Waals surface area contributed by atoms with Crippen LogP contribution < -0.4 is 5.32 Å². The van der Waals surface area contributed by atoms with E-state index in [1.54, 1.807) is 17.0 Å². The first kappa shape index (κ1) is 24.9. The summed E-state index contributed by atoms with van der Waals surface area (Å²) in [6, 6.07) is 15.8. The Bertz CT molecular complexity index is 799. The van der Waals surface area contributed by atoms with Crippen molar-refractivity contribution in [2.45, 2.75) is 51.3 Å². The molecule has 2 aromatic rings. The largest absolute Gasteiger partial charge is 0.354 e. The molecule has 6 heteroatoms. The smallest absolute Gasteiger partial charge is 0.242 e. The zero-order valence-corrected chi connectivity index (χ0v) is 19.3. The second-order valence-corrected chi connectivity index (χ2v) is 8.50. The summed E-state index contributed by atoms with van der Waals surface area (Å²) in [5, 5.41) is 2.98. The van der Waals surface area contributed by atoms with Crippen LogP contribution in [0.1, 0.15) is 44.2 Å². The maximum Gasteiger partial charge on any atom is 0.242 e. The number of hydrogen-bond donors (Lipinski definition) is 1. The van der Waals surface area contributed by atoms with E-state index in [2.05, 4.69) is 12.2 Å². The fourth-order valence-electron chi connectivity index (χ4n) is 3.32. The summed E-state index contributed by atoms with van der Waals surface area (Å²) in [4.78, 5) is 27.6. The van der Waals surface area contributed by atoms with Gasteiger partial charge in [-0.25, -0.2) is 4.39 Å². The fourth-order valence-corrected chi connectivity index (χ4v) is 4.19. The van der Waals surface area contributed by atoms with E-state index in [-0.39, 0.29) is 23.4 Å². The van der Waals surface area contributed by atoms with Gasteiger partial charge in [0.05, 0.1) is 5.75 Å². The predicted molar refractivity (Wildman–Crippen MR) is 126 cm³/mol. The standard InChI is InChI=1S/C25H33FN2O2S/c1-3-5-16-27-25(30)23(4-2)28(17-15-20-9-7-6-8-10-20)24(29)19-31-18-21-11-13-22(26)14-12-21/h6-14,23H,3-5,15-19H2,1-2H3,(H,27,30)/t23-/m0/s1. The zero-order chi connectivity index (χ0) is 22.5. The molecule has 0 radical (unpaired) electrons. The van der Waals surface area contributed by atoms with Gasteiger partial charge in [0, 0.05) is 18.8 Å². The molecule has 0 spiro atoms. The Hall–Kier alpha value is -2.34. The minimum Gasteiger partial charge on any atom is -0.354 e. The number of halogens is 1. The van der Waals surface area contributed by atoms with E-state index in [1.807, 2.05) is 37.3 Å². The van der Waals surface area contributed by atoms with Crippen LogP contribution >= 0.6 is 11.8 Å². The molecule has 0 fully saturated rings. The third-order valence-electron chi connectivity index (χ3n) is 5.11. The molecule has 0 aliphatic carbocycles. The number of benzene rings is 2. The summed E-state index contributed by atoms with van der Waals surface area (Å²) >= 11 is 1.49. The van der Waals surface area contributed by atoms with Gasteiger partial charge in [0.15, 0.2) is 0 Å². The molecule has 0 aromatic heterocycles. The molecule has 0 bridgehead atoms. The molecule has 1 atom stereocenters. The quantitative estimate of drug-likeness (QED) is 0.451. The first-order chi connectivity index (χ1) is 15.0. The van der Waals surface area contributed by atoms with Crippen molar-refractivity contribution in [2.24, 2.45) is 0 Å². The lowest BCUT2D eigenvalue weighted by Crippen LogP contribution is -2.50. The van der Waals surface area contributed by atoms with Gasteiger partial charge in [0.1, 0.15) is 11.9 Å². The van der Waals surface area contributed by atoms with Gasteiger partial charge in [-0.1, -0.05) is 62.7 Å². The highest BCUT2D eigenvalue weighted by Crippen LogP contribution is 2.16. The third-order valence-corrected chi connectivity index (χ3v) is 6.10. The first-order valence-electron chi connectivity index (χ1n) is 11.0. The van der Waals surface area contributed by atoms with E-state index >= 15 is 0 Å². The van der Waals surface area contributed by atoms with Crippen molar-refractivity contribution < 1.29 is 14.0 Å². The number of carbonyl (C=O) groups excluding carboxylic acids is 2. The van der Waals surface area contributed by atoms with Crippen molar-refractivity contribution in [1.29, 1.82) is 0 Å². The van der Waals surface area contributed by atoms with Gasteiger partial charge in [0.2, 0.25) is 11.8 Å². The summed E-state index contributed by atoms with van der Waals surface area (Å²) < 4.78 is 13.1. The molecule has 0 heterocycles. The molecule has 2 rings (SSSR count). The lowest BCUT2D eigenvalue weighted by atomic mass is 10.1. The Morgan fingerprint density at radius 1 is 1.03 bits per heavy atom. The highest BCUT2D eigenvalue weighted by Gasteiger charge is 2.27. The molecule has 31 heavy (non-hydrogen) atoms. The summed E-state index contributed by atoms with van der Waals surface area (Å²) in [6.45, 7) is 5.15. The molecular formula is C25H33FN2O2S. The van der Waals surface area contributed by atoms with Crippen LogP contribution in [0.15, 0.2) is 54.6 Å². The average molecular weight is 445 g/mol. The summed E-state index contributed by atoms with van der Waals surface area (Å²) in [5.41, 5.74) is 2.11. The second-order valence-electron chi connectivity index (χ2n) is 7.51. The van der Waals surface area contributed by atoms with Crippen molar-refractivity contribution in [2.75, 3.05) is 18.8 Å². The highest BCUT2D eigenvalue weighted by atomic mass is 32.2. The highest BCUT2D eigenvalue weighted by molar-refractivity contribution is 7.99. The van der Waals surface area contributed by atoms with Crippen LogP contribution in [0.4, 0.5) is 4.39 Å². The van der Waals surface area contributed by atoms with Crippen molar-refractivity contribution in [3.05, 3.63) is 71.5 Å². The SMILES string of the molecule is CCCCNC(=O)[C@H](CC)N(CCc1ccccc1)C(=O)CSCc1ccc(F)cc1. The number of nitrogens with one attached hydrogen (secondary N) is 1. The zero-order valence-electron chi connectivity index (χ0n) is 18.5. The number of nitrogens with zero attached hydrogens (tertiary/aromatic N) is 1. The second kappa shape index (κ2) is 13.9. The molecule has 0 saturated carbocycles. The fraction of sp³-hybridized carbons (Fsp3) is 0.440. The first-order valence-corrected chi connectivity index (χ1v) is 12.1. The molecule has 0 aliphatic heterocycles. The molecule has 2 amide bonds. The molecule has 4 nitrogen and oxygen atoms in total. The van der Waals surface area contributed by atoms with Gasteiger partial charge >= 0.3 is 0 Å². The summed E-state index contributed by atoms with van der Waals surface area (Å²) in [7, 11) is 0. The van der Waals surface area contributed by atoms with E-state index in [4.69, 9.17) is 0 Å². The number of unbranched alkanes of at least 4 members (excludes halogenated alkanes) is 1. The van der Waals surface area contributed by atoms with Crippen LogP contribution in [0.5, 0.6) is 0 Å². The van der Waals surface area contributed by atoms with Crippen molar-refractivity contribution >= 4 is 23.6 Å². The molecule has 168 valence electrons. The Labute approximate surface area is 189 Å². The molecule has 0 aliphatic rings. The Balaban J connectivity index is 2.02. The number of rotatable bonds is 13. The predicted octanol–water partition coefficient (Wildman–Crippen LogP) is 4.83. The molecule has 0 unspecified atom stereocenters. The summed E-state index contributed by atoms with van der Waals surface area (Å²) in [6.07, 6.45) is 3.20. The van der Waals surface area contributed by atoms with Crippen LogP contribution in [0.3, 0.4) is 0 Å². The van der Waals surface area contributed by atoms with E-state index in [0.29, 0.717) is 31.7 Å².